The lowest BCUT2D eigenvalue weighted by Crippen LogP contribution is -2.13. The topological polar surface area (TPSA) is 94.3 Å². The highest BCUT2D eigenvalue weighted by Crippen LogP contribution is 2.27. The van der Waals surface area contributed by atoms with Crippen molar-refractivity contribution < 1.29 is 39.6 Å². The maximum absolute atomic E-state index is 12.6. The zero-order chi connectivity index (χ0) is 22.6. The smallest absolute Gasteiger partial charge is 0.435 e. The fourth-order valence-electron chi connectivity index (χ4n) is 2.29. The third kappa shape index (κ3) is 6.01. The van der Waals surface area contributed by atoms with Crippen LogP contribution in [0, 0.1) is 0 Å². The van der Waals surface area contributed by atoms with E-state index in [0.29, 0.717) is 5.56 Å². The van der Waals surface area contributed by atoms with E-state index in [1.807, 2.05) is 0 Å². The third-order valence-corrected chi connectivity index (χ3v) is 4.99. The molecule has 1 aromatic heterocycles. The molecule has 0 saturated heterocycles. The van der Waals surface area contributed by atoms with E-state index in [0.717, 1.165) is 6.08 Å². The van der Waals surface area contributed by atoms with Crippen molar-refractivity contribution >= 4 is 27.9 Å². The van der Waals surface area contributed by atoms with E-state index in [9.17, 15) is 30.4 Å². The van der Waals surface area contributed by atoms with Crippen molar-refractivity contribution in [1.82, 2.24) is 10.1 Å². The minimum absolute atomic E-state index is 0.106. The molecule has 31 heavy (non-hydrogen) atoms. The molecule has 0 radical (unpaired) electrons. The van der Waals surface area contributed by atoms with E-state index in [-0.39, 0.29) is 22.2 Å². The van der Waals surface area contributed by atoms with Crippen molar-refractivity contribution in [3.63, 3.8) is 0 Å². The van der Waals surface area contributed by atoms with Gasteiger partial charge in [0.05, 0.1) is 4.90 Å². The lowest BCUT2D eigenvalue weighted by Gasteiger charge is -2.10. The Morgan fingerprint density at radius 2 is 1.77 bits per heavy atom. The van der Waals surface area contributed by atoms with E-state index >= 15 is 0 Å². The average molecular weight is 461 g/mol. The van der Waals surface area contributed by atoms with Gasteiger partial charge in [0.2, 0.25) is 0 Å². The Labute approximate surface area is 172 Å². The fourth-order valence-corrected chi connectivity index (χ4v) is 3.41. The lowest BCUT2D eigenvalue weighted by molar-refractivity contribution is -0.159. The van der Waals surface area contributed by atoms with Crippen LogP contribution in [0.15, 0.2) is 57.9 Å². The van der Waals surface area contributed by atoms with Gasteiger partial charge in [-0.1, -0.05) is 23.4 Å². The maximum Gasteiger partial charge on any atom is 0.471 e. The first kappa shape index (κ1) is 22.2. The summed E-state index contributed by atoms with van der Waals surface area (Å²) in [5.74, 6) is -1.98. The van der Waals surface area contributed by atoms with Crippen LogP contribution in [0.25, 0.3) is 12.2 Å². The first-order valence-electron chi connectivity index (χ1n) is 8.30. The predicted molar refractivity (Wildman–Crippen MR) is 98.6 cm³/mol. The molecule has 0 bridgehead atoms. The number of ether oxygens (including phenoxy) is 1. The Balaban J connectivity index is 1.74. The van der Waals surface area contributed by atoms with Crippen LogP contribution in [0.4, 0.5) is 27.6 Å². The normalized spacial score (nSPS) is 12.5. The third-order valence-electron chi connectivity index (χ3n) is 3.61. The summed E-state index contributed by atoms with van der Waals surface area (Å²) in [5, 5.41) is 3.17. The highest BCUT2D eigenvalue weighted by Gasteiger charge is 2.38. The molecule has 1 N–H and O–H groups in total. The zero-order valence-electron chi connectivity index (χ0n) is 15.2. The molecule has 13 heteroatoms. The Bertz CT molecular complexity index is 1180. The van der Waals surface area contributed by atoms with Gasteiger partial charge in [0.1, 0.15) is 5.75 Å². The Hall–Kier alpha value is -3.48. The second kappa shape index (κ2) is 8.71. The molecule has 0 aliphatic rings. The van der Waals surface area contributed by atoms with Crippen LogP contribution in [0.1, 0.15) is 17.3 Å². The van der Waals surface area contributed by atoms with Gasteiger partial charge in [-0.05, 0) is 48.0 Å². The van der Waals surface area contributed by atoms with Crippen molar-refractivity contribution in [2.75, 3.05) is 4.72 Å². The summed E-state index contributed by atoms with van der Waals surface area (Å²) in [7, 11) is -4.04. The molecule has 0 saturated carbocycles. The fraction of sp³-hybridized carbons (Fsp3) is 0.111. The number of nitrogens with zero attached hydrogens (tertiary/aromatic N) is 2. The number of rotatable bonds is 7. The Kier molecular flexibility index (Phi) is 6.24. The second-order valence-corrected chi connectivity index (χ2v) is 7.55. The van der Waals surface area contributed by atoms with Gasteiger partial charge < -0.3 is 9.26 Å². The van der Waals surface area contributed by atoms with Gasteiger partial charge in [-0.2, -0.15) is 26.9 Å². The molecule has 0 amide bonds. The zero-order valence-corrected chi connectivity index (χ0v) is 16.0. The molecule has 0 aliphatic heterocycles. The van der Waals surface area contributed by atoms with Gasteiger partial charge in [0.15, 0.2) is 5.82 Å². The number of hydrogen-bond donors (Lipinski definition) is 1. The quantitative estimate of drug-likeness (QED) is 0.515. The number of anilines is 1. The summed E-state index contributed by atoms with van der Waals surface area (Å²) in [4.78, 5) is 3.02. The van der Waals surface area contributed by atoms with Crippen molar-refractivity contribution in [2.24, 2.45) is 0 Å². The first-order chi connectivity index (χ1) is 14.5. The van der Waals surface area contributed by atoms with Crippen molar-refractivity contribution in [3.8, 4) is 5.75 Å². The van der Waals surface area contributed by atoms with Gasteiger partial charge in [-0.3, -0.25) is 4.72 Å². The molecule has 0 atom stereocenters. The first-order valence-corrected chi connectivity index (χ1v) is 9.78. The summed E-state index contributed by atoms with van der Waals surface area (Å²) < 4.78 is 97.4. The molecule has 0 fully saturated rings. The summed E-state index contributed by atoms with van der Waals surface area (Å²) in [6, 6.07) is 10.3. The van der Waals surface area contributed by atoms with E-state index in [4.69, 9.17) is 0 Å². The molecule has 0 unspecified atom stereocenters. The molecular formula is C18H12F5N3O4S. The van der Waals surface area contributed by atoms with Gasteiger partial charge in [-0.15, -0.1) is 0 Å². The maximum atomic E-state index is 12.6. The minimum atomic E-state index is -4.78. The number of halogens is 5. The van der Waals surface area contributed by atoms with E-state index in [2.05, 4.69) is 24.1 Å². The van der Waals surface area contributed by atoms with Crippen LogP contribution in [-0.4, -0.2) is 25.2 Å². The molecule has 3 rings (SSSR count). The van der Waals surface area contributed by atoms with Crippen LogP contribution in [0.2, 0.25) is 0 Å². The number of aromatic nitrogens is 2. The highest BCUT2D eigenvalue weighted by molar-refractivity contribution is 7.92. The molecule has 0 spiro atoms. The average Bonchev–Trinajstić information content (AvgIpc) is 3.17. The summed E-state index contributed by atoms with van der Waals surface area (Å²) in [5.41, 5.74) is 0.441. The molecular weight excluding hydrogens is 449 g/mol. The van der Waals surface area contributed by atoms with Crippen LogP contribution in [0.5, 0.6) is 5.75 Å². The molecule has 2 aromatic carbocycles. The van der Waals surface area contributed by atoms with Crippen molar-refractivity contribution in [1.29, 1.82) is 0 Å². The van der Waals surface area contributed by atoms with E-state index in [1.54, 1.807) is 0 Å². The molecule has 1 heterocycles. The van der Waals surface area contributed by atoms with Crippen molar-refractivity contribution in [2.45, 2.75) is 17.7 Å². The van der Waals surface area contributed by atoms with Gasteiger partial charge in [0, 0.05) is 5.69 Å². The van der Waals surface area contributed by atoms with E-state index < -0.39 is 28.7 Å². The van der Waals surface area contributed by atoms with Gasteiger partial charge >= 0.3 is 18.7 Å². The largest absolute Gasteiger partial charge is 0.471 e. The molecule has 0 aliphatic carbocycles. The standard InChI is InChI=1S/C18H12F5N3O4S/c19-17(20)29-13-7-5-12(6-8-13)26-31(27,28)14-3-1-2-11(10-14)4-9-15-24-16(30-25-15)18(21,22)23/h1-10,17,26H. The van der Waals surface area contributed by atoms with Crippen LogP contribution >= 0.6 is 0 Å². The molecule has 7 nitrogen and oxygen atoms in total. The highest BCUT2D eigenvalue weighted by atomic mass is 32.2. The minimum Gasteiger partial charge on any atom is -0.435 e. The molecule has 3 aromatic rings. The molecule has 164 valence electrons. The van der Waals surface area contributed by atoms with Crippen LogP contribution < -0.4 is 9.46 Å². The predicted octanol–water partition coefficient (Wildman–Crippen LogP) is 4.66. The Morgan fingerprint density at radius 3 is 2.39 bits per heavy atom. The number of sulfonamides is 1. The summed E-state index contributed by atoms with van der Waals surface area (Å²) >= 11 is 0. The lowest BCUT2D eigenvalue weighted by atomic mass is 10.2. The van der Waals surface area contributed by atoms with Gasteiger partial charge in [0.25, 0.3) is 10.0 Å². The van der Waals surface area contributed by atoms with Crippen molar-refractivity contribution in [3.05, 3.63) is 65.8 Å². The number of alkyl halides is 5. The van der Waals surface area contributed by atoms with Gasteiger partial charge in [-0.25, -0.2) is 8.42 Å². The second-order valence-electron chi connectivity index (χ2n) is 5.87. The SMILES string of the molecule is O=S(=O)(Nc1ccc(OC(F)F)cc1)c1cccc(C=Cc2noc(C(F)(F)F)n2)c1. The van der Waals surface area contributed by atoms with Crippen LogP contribution in [-0.2, 0) is 16.2 Å². The van der Waals surface area contributed by atoms with E-state index in [1.165, 1.54) is 54.6 Å². The van der Waals surface area contributed by atoms with Crippen LogP contribution in [0.3, 0.4) is 0 Å². The summed E-state index contributed by atoms with van der Waals surface area (Å²) in [6.07, 6.45) is -2.34. The number of hydrogen-bond acceptors (Lipinski definition) is 6. The number of benzene rings is 2. The summed E-state index contributed by atoms with van der Waals surface area (Å²) in [6.45, 7) is -3.01. The Morgan fingerprint density at radius 1 is 1.06 bits per heavy atom. The monoisotopic (exact) mass is 461 g/mol. The number of nitrogens with one attached hydrogen (secondary N) is 1.